The molecule has 0 radical (unpaired) electrons. The number of hydrogen-bond acceptors (Lipinski definition) is 4. The van der Waals surface area contributed by atoms with Gasteiger partial charge in [-0.1, -0.05) is 52.3 Å². The maximum Gasteiger partial charge on any atom is 0.244 e. The van der Waals surface area contributed by atoms with Crippen molar-refractivity contribution in [2.45, 2.75) is 26.3 Å². The molecule has 0 unspecified atom stereocenters. The van der Waals surface area contributed by atoms with E-state index in [0.29, 0.717) is 23.1 Å². The summed E-state index contributed by atoms with van der Waals surface area (Å²) in [5, 5.41) is 2.73. The first-order valence-electron chi connectivity index (χ1n) is 9.98. The van der Waals surface area contributed by atoms with E-state index in [-0.39, 0.29) is 12.5 Å². The quantitative estimate of drug-likeness (QED) is 0.533. The first-order chi connectivity index (χ1) is 14.6. The minimum absolute atomic E-state index is 0.280. The molecule has 7 nitrogen and oxygen atoms in total. The highest BCUT2D eigenvalue weighted by Gasteiger charge is 2.29. The summed E-state index contributed by atoms with van der Waals surface area (Å²) >= 11 is 3.33. The molecule has 0 aliphatic carbocycles. The van der Waals surface area contributed by atoms with E-state index in [1.54, 1.807) is 38.1 Å². The largest absolute Gasteiger partial charge is 0.355 e. The molecule has 0 fully saturated rings. The van der Waals surface area contributed by atoms with Gasteiger partial charge >= 0.3 is 0 Å². The fourth-order valence-corrected chi connectivity index (χ4v) is 4.37. The zero-order chi connectivity index (χ0) is 23.0. The highest BCUT2D eigenvalue weighted by Crippen LogP contribution is 2.22. The summed E-state index contributed by atoms with van der Waals surface area (Å²) in [5.41, 5.74) is 1.40. The third-order valence-corrected chi connectivity index (χ3v) is 6.41. The van der Waals surface area contributed by atoms with Crippen LogP contribution in [0.2, 0.25) is 0 Å². The Kier molecular flexibility index (Phi) is 9.06. The molecule has 2 aromatic rings. The number of anilines is 1. The number of benzene rings is 2. The van der Waals surface area contributed by atoms with Crippen molar-refractivity contribution in [2.24, 2.45) is 0 Å². The molecule has 0 saturated heterocycles. The lowest BCUT2D eigenvalue weighted by Crippen LogP contribution is -2.52. The molecule has 1 atom stereocenters. The predicted octanol–water partition coefficient (Wildman–Crippen LogP) is 2.81. The average molecular weight is 510 g/mol. The number of hydrogen-bond donors (Lipinski definition) is 1. The smallest absolute Gasteiger partial charge is 0.244 e. The maximum absolute atomic E-state index is 13.3. The second-order valence-electron chi connectivity index (χ2n) is 7.14. The van der Waals surface area contributed by atoms with E-state index in [0.717, 1.165) is 16.1 Å². The molecule has 2 amide bonds. The molecule has 2 rings (SSSR count). The number of halogens is 1. The first kappa shape index (κ1) is 24.9. The number of carbonyl (C=O) groups is 2. The fourth-order valence-electron chi connectivity index (χ4n) is 3.14. The highest BCUT2D eigenvalue weighted by molar-refractivity contribution is 9.10. The van der Waals surface area contributed by atoms with Gasteiger partial charge in [-0.2, -0.15) is 0 Å². The van der Waals surface area contributed by atoms with E-state index in [1.165, 1.54) is 4.90 Å². The summed E-state index contributed by atoms with van der Waals surface area (Å²) in [6.07, 6.45) is 1.61. The van der Waals surface area contributed by atoms with Gasteiger partial charge in [0.1, 0.15) is 12.6 Å². The summed E-state index contributed by atoms with van der Waals surface area (Å²) in [5.74, 6) is -0.725. The van der Waals surface area contributed by atoms with Gasteiger partial charge in [-0.05, 0) is 44.0 Å². The Morgan fingerprint density at radius 2 is 1.77 bits per heavy atom. The Morgan fingerprint density at radius 1 is 1.10 bits per heavy atom. The van der Waals surface area contributed by atoms with Gasteiger partial charge in [0.2, 0.25) is 21.8 Å². The van der Waals surface area contributed by atoms with Crippen LogP contribution in [0.15, 0.2) is 59.1 Å². The number of nitrogens with zero attached hydrogens (tertiary/aromatic N) is 2. The molecule has 1 N–H and O–H groups in total. The number of rotatable bonds is 10. The van der Waals surface area contributed by atoms with E-state index >= 15 is 0 Å². The Labute approximate surface area is 192 Å². The van der Waals surface area contributed by atoms with E-state index < -0.39 is 28.5 Å². The second-order valence-corrected chi connectivity index (χ2v) is 9.97. The Balaban J connectivity index is 2.29. The predicted molar refractivity (Wildman–Crippen MR) is 126 cm³/mol. The van der Waals surface area contributed by atoms with E-state index in [2.05, 4.69) is 21.2 Å². The molecule has 0 aliphatic heterocycles. The average Bonchev–Trinajstić information content (AvgIpc) is 2.72. The SMILES string of the molecule is CCNC(=O)[C@H](C)N(CCc1ccccc1)C(=O)CN(c1cccc(Br)c1)S(C)(=O)=O. The molecule has 9 heteroatoms. The molecule has 0 aromatic heterocycles. The Bertz CT molecular complexity index is 999. The third-order valence-electron chi connectivity index (χ3n) is 4.78. The van der Waals surface area contributed by atoms with Gasteiger partial charge in [0.15, 0.2) is 0 Å². The Morgan fingerprint density at radius 3 is 2.35 bits per heavy atom. The number of nitrogens with one attached hydrogen (secondary N) is 1. The van der Waals surface area contributed by atoms with Gasteiger partial charge in [-0.15, -0.1) is 0 Å². The molecule has 31 heavy (non-hydrogen) atoms. The van der Waals surface area contributed by atoms with Crippen molar-refractivity contribution in [3.63, 3.8) is 0 Å². The van der Waals surface area contributed by atoms with Crippen molar-refractivity contribution < 1.29 is 18.0 Å². The number of carbonyl (C=O) groups excluding carboxylic acids is 2. The minimum atomic E-state index is -3.72. The summed E-state index contributed by atoms with van der Waals surface area (Å²) in [7, 11) is -3.72. The topological polar surface area (TPSA) is 86.8 Å². The van der Waals surface area contributed by atoms with Crippen LogP contribution in [-0.2, 0) is 26.0 Å². The van der Waals surface area contributed by atoms with Crippen LogP contribution in [0.4, 0.5) is 5.69 Å². The second kappa shape index (κ2) is 11.3. The molecule has 168 valence electrons. The summed E-state index contributed by atoms with van der Waals surface area (Å²) in [6, 6.07) is 15.6. The molecular formula is C22H28BrN3O4S. The standard InChI is InChI=1S/C22H28BrN3O4S/c1-4-24-22(28)17(2)25(14-13-18-9-6-5-7-10-18)21(27)16-26(31(3,29)30)20-12-8-11-19(23)15-20/h5-12,15,17H,4,13-14,16H2,1-3H3,(H,24,28)/t17-/m0/s1. The number of likely N-dealkylation sites (N-methyl/N-ethyl adjacent to an activating group) is 1. The highest BCUT2D eigenvalue weighted by atomic mass is 79.9. The van der Waals surface area contributed by atoms with Crippen LogP contribution in [-0.4, -0.2) is 57.1 Å². The monoisotopic (exact) mass is 509 g/mol. The fraction of sp³-hybridized carbons (Fsp3) is 0.364. The van der Waals surface area contributed by atoms with Gasteiger partial charge in [0, 0.05) is 17.6 Å². The Hall–Kier alpha value is -2.39. The van der Waals surface area contributed by atoms with Crippen LogP contribution >= 0.6 is 15.9 Å². The molecule has 0 saturated carbocycles. The summed E-state index contributed by atoms with van der Waals surface area (Å²) in [4.78, 5) is 27.2. The molecule has 0 spiro atoms. The lowest BCUT2D eigenvalue weighted by molar-refractivity contribution is -0.138. The number of sulfonamides is 1. The third kappa shape index (κ3) is 7.36. The maximum atomic E-state index is 13.3. The molecule has 2 aromatic carbocycles. The van der Waals surface area contributed by atoms with Gasteiger partial charge < -0.3 is 10.2 Å². The molecular weight excluding hydrogens is 482 g/mol. The summed E-state index contributed by atoms with van der Waals surface area (Å²) in [6.45, 7) is 3.79. The molecule has 0 aliphatic rings. The van der Waals surface area contributed by atoms with Crippen LogP contribution in [0.25, 0.3) is 0 Å². The molecule has 0 bridgehead atoms. The minimum Gasteiger partial charge on any atom is -0.355 e. The van der Waals surface area contributed by atoms with Crippen LogP contribution in [0, 0.1) is 0 Å². The molecule has 0 heterocycles. The first-order valence-corrected chi connectivity index (χ1v) is 12.6. The normalized spacial score (nSPS) is 12.1. The lowest BCUT2D eigenvalue weighted by Gasteiger charge is -2.31. The van der Waals surface area contributed by atoms with Gasteiger partial charge in [-0.25, -0.2) is 8.42 Å². The van der Waals surface area contributed by atoms with Crippen molar-refractivity contribution in [3.05, 3.63) is 64.6 Å². The van der Waals surface area contributed by atoms with Crippen molar-refractivity contribution in [3.8, 4) is 0 Å². The van der Waals surface area contributed by atoms with Crippen LogP contribution in [0.1, 0.15) is 19.4 Å². The van der Waals surface area contributed by atoms with Crippen molar-refractivity contribution in [1.29, 1.82) is 0 Å². The van der Waals surface area contributed by atoms with Crippen molar-refractivity contribution in [2.75, 3.05) is 30.2 Å². The van der Waals surface area contributed by atoms with Crippen LogP contribution < -0.4 is 9.62 Å². The zero-order valence-electron chi connectivity index (χ0n) is 17.9. The zero-order valence-corrected chi connectivity index (χ0v) is 20.3. The van der Waals surface area contributed by atoms with Crippen LogP contribution in [0.5, 0.6) is 0 Å². The number of amides is 2. The van der Waals surface area contributed by atoms with Gasteiger partial charge in [0.25, 0.3) is 0 Å². The van der Waals surface area contributed by atoms with Crippen molar-refractivity contribution in [1.82, 2.24) is 10.2 Å². The van der Waals surface area contributed by atoms with Gasteiger partial charge in [-0.3, -0.25) is 13.9 Å². The van der Waals surface area contributed by atoms with E-state index in [4.69, 9.17) is 0 Å². The van der Waals surface area contributed by atoms with E-state index in [1.807, 2.05) is 30.3 Å². The lowest BCUT2D eigenvalue weighted by atomic mass is 10.1. The summed E-state index contributed by atoms with van der Waals surface area (Å²) < 4.78 is 26.6. The van der Waals surface area contributed by atoms with Gasteiger partial charge in [0.05, 0.1) is 11.9 Å². The van der Waals surface area contributed by atoms with Crippen molar-refractivity contribution >= 4 is 43.5 Å². The van der Waals surface area contributed by atoms with E-state index in [9.17, 15) is 18.0 Å². The van der Waals surface area contributed by atoms with Crippen LogP contribution in [0.3, 0.4) is 0 Å².